The first kappa shape index (κ1) is 13.3. The minimum Gasteiger partial charge on any atom is -0.295 e. The lowest BCUT2D eigenvalue weighted by Gasteiger charge is -2.14. The lowest BCUT2D eigenvalue weighted by Crippen LogP contribution is -2.25. The maximum atomic E-state index is 12.0. The predicted octanol–water partition coefficient (Wildman–Crippen LogP) is 3.72. The molecule has 18 heavy (non-hydrogen) atoms. The van der Waals surface area contributed by atoms with Crippen molar-refractivity contribution in [3.05, 3.63) is 57.2 Å². The van der Waals surface area contributed by atoms with Crippen LogP contribution in [0.5, 0.6) is 0 Å². The molecule has 0 aliphatic rings. The quantitative estimate of drug-likeness (QED) is 0.778. The maximum Gasteiger partial charge on any atom is 0.176 e. The van der Waals surface area contributed by atoms with Crippen molar-refractivity contribution in [2.24, 2.45) is 0 Å². The Morgan fingerprint density at radius 1 is 1.28 bits per heavy atom. The van der Waals surface area contributed by atoms with Crippen LogP contribution in [-0.2, 0) is 6.54 Å². The van der Waals surface area contributed by atoms with Gasteiger partial charge in [0.25, 0.3) is 0 Å². The number of Topliss-reactive ketones (excluding diaryl/α,β-unsaturated/α-hetero) is 1. The van der Waals surface area contributed by atoms with Gasteiger partial charge in [-0.05, 0) is 53.7 Å². The molecule has 0 aliphatic carbocycles. The van der Waals surface area contributed by atoms with Gasteiger partial charge in [-0.1, -0.05) is 11.6 Å². The van der Waals surface area contributed by atoms with Crippen molar-refractivity contribution < 1.29 is 4.79 Å². The molecule has 2 nitrogen and oxygen atoms in total. The van der Waals surface area contributed by atoms with Crippen molar-refractivity contribution in [2.45, 2.75) is 6.54 Å². The van der Waals surface area contributed by atoms with E-state index in [1.165, 1.54) is 5.56 Å². The molecule has 0 radical (unpaired) electrons. The molecular weight excluding hydrogens is 266 g/mol. The summed E-state index contributed by atoms with van der Waals surface area (Å²) in [6, 6.07) is 9.10. The number of ketones is 1. The summed E-state index contributed by atoms with van der Waals surface area (Å²) in [4.78, 5) is 14.0. The monoisotopic (exact) mass is 279 g/mol. The Morgan fingerprint density at radius 2 is 2.00 bits per heavy atom. The molecule has 1 aromatic carbocycles. The third kappa shape index (κ3) is 3.67. The van der Waals surface area contributed by atoms with Crippen LogP contribution in [0.2, 0.25) is 5.02 Å². The van der Waals surface area contributed by atoms with Crippen LogP contribution >= 0.6 is 22.9 Å². The zero-order valence-electron chi connectivity index (χ0n) is 10.1. The van der Waals surface area contributed by atoms with Crippen LogP contribution < -0.4 is 0 Å². The second-order valence-corrected chi connectivity index (χ2v) is 5.45. The molecule has 0 amide bonds. The van der Waals surface area contributed by atoms with Crippen molar-refractivity contribution in [3.63, 3.8) is 0 Å². The Kier molecular flexibility index (Phi) is 4.53. The van der Waals surface area contributed by atoms with Gasteiger partial charge in [-0.25, -0.2) is 0 Å². The lowest BCUT2D eigenvalue weighted by atomic mass is 10.1. The Bertz CT molecular complexity index is 507. The van der Waals surface area contributed by atoms with Crippen molar-refractivity contribution in [1.29, 1.82) is 0 Å². The molecule has 0 saturated heterocycles. The van der Waals surface area contributed by atoms with E-state index in [0.29, 0.717) is 17.1 Å². The second kappa shape index (κ2) is 6.14. The molecule has 0 saturated carbocycles. The summed E-state index contributed by atoms with van der Waals surface area (Å²) in [5.41, 5.74) is 1.95. The van der Waals surface area contributed by atoms with Crippen LogP contribution in [0.15, 0.2) is 41.1 Å². The highest BCUT2D eigenvalue weighted by molar-refractivity contribution is 7.07. The first-order chi connectivity index (χ1) is 8.65. The van der Waals surface area contributed by atoms with Crippen molar-refractivity contribution in [1.82, 2.24) is 4.90 Å². The average Bonchev–Trinajstić information content (AvgIpc) is 2.82. The molecular formula is C14H14ClNOS. The van der Waals surface area contributed by atoms with Gasteiger partial charge in [0.1, 0.15) is 0 Å². The molecule has 2 rings (SSSR count). The Labute approximate surface area is 116 Å². The summed E-state index contributed by atoms with van der Waals surface area (Å²) in [6.45, 7) is 1.21. The number of benzene rings is 1. The Hall–Kier alpha value is -1.16. The molecule has 4 heteroatoms. The maximum absolute atomic E-state index is 12.0. The third-order valence-corrected chi connectivity index (χ3v) is 3.60. The number of nitrogens with zero attached hydrogens (tertiary/aromatic N) is 1. The van der Waals surface area contributed by atoms with Gasteiger partial charge < -0.3 is 0 Å². The Balaban J connectivity index is 1.92. The summed E-state index contributed by atoms with van der Waals surface area (Å²) in [5.74, 6) is 0.115. The van der Waals surface area contributed by atoms with Gasteiger partial charge in [0, 0.05) is 17.1 Å². The molecule has 94 valence electrons. The van der Waals surface area contributed by atoms with Gasteiger partial charge >= 0.3 is 0 Å². The van der Waals surface area contributed by atoms with Crippen LogP contribution in [-0.4, -0.2) is 24.3 Å². The standard InChI is InChI=1S/C14H14ClNOS/c1-16(8-11-6-7-18-10-11)9-14(17)12-2-4-13(15)5-3-12/h2-7,10H,8-9H2,1H3. The average molecular weight is 280 g/mol. The molecule has 0 spiro atoms. The molecule has 1 aromatic heterocycles. The first-order valence-corrected chi connectivity index (χ1v) is 6.95. The van der Waals surface area contributed by atoms with E-state index >= 15 is 0 Å². The second-order valence-electron chi connectivity index (χ2n) is 4.23. The van der Waals surface area contributed by atoms with Gasteiger partial charge in [0.2, 0.25) is 0 Å². The van der Waals surface area contributed by atoms with E-state index < -0.39 is 0 Å². The zero-order chi connectivity index (χ0) is 13.0. The van der Waals surface area contributed by atoms with Crippen LogP contribution in [0.1, 0.15) is 15.9 Å². The normalized spacial score (nSPS) is 10.8. The van der Waals surface area contributed by atoms with Crippen LogP contribution in [0, 0.1) is 0 Å². The highest BCUT2D eigenvalue weighted by Crippen LogP contribution is 2.12. The van der Waals surface area contributed by atoms with Crippen molar-refractivity contribution >= 4 is 28.7 Å². The van der Waals surface area contributed by atoms with Gasteiger partial charge in [-0.15, -0.1) is 0 Å². The van der Waals surface area contributed by atoms with Crippen molar-refractivity contribution in [3.8, 4) is 0 Å². The van der Waals surface area contributed by atoms with Crippen molar-refractivity contribution in [2.75, 3.05) is 13.6 Å². The Morgan fingerprint density at radius 3 is 2.61 bits per heavy atom. The first-order valence-electron chi connectivity index (χ1n) is 5.63. The summed E-state index contributed by atoms with van der Waals surface area (Å²) in [6.07, 6.45) is 0. The lowest BCUT2D eigenvalue weighted by molar-refractivity contribution is 0.0943. The van der Waals surface area contributed by atoms with E-state index in [-0.39, 0.29) is 5.78 Å². The number of carbonyl (C=O) groups excluding carboxylic acids is 1. The van der Waals surface area contributed by atoms with Crippen LogP contribution in [0.4, 0.5) is 0 Å². The molecule has 0 N–H and O–H groups in total. The van der Waals surface area contributed by atoms with Gasteiger partial charge in [-0.3, -0.25) is 9.69 Å². The summed E-state index contributed by atoms with van der Waals surface area (Å²) < 4.78 is 0. The minimum atomic E-state index is 0.115. The molecule has 1 heterocycles. The van der Waals surface area contributed by atoms with E-state index in [1.807, 2.05) is 17.3 Å². The van der Waals surface area contributed by atoms with Gasteiger partial charge in [-0.2, -0.15) is 11.3 Å². The highest BCUT2D eigenvalue weighted by atomic mass is 35.5. The smallest absolute Gasteiger partial charge is 0.176 e. The van der Waals surface area contributed by atoms with Crippen LogP contribution in [0.3, 0.4) is 0 Å². The molecule has 0 atom stereocenters. The number of hydrogen-bond donors (Lipinski definition) is 0. The third-order valence-electron chi connectivity index (χ3n) is 2.61. The number of carbonyl (C=O) groups is 1. The van der Waals surface area contributed by atoms with Crippen LogP contribution in [0.25, 0.3) is 0 Å². The molecule has 0 aliphatic heterocycles. The molecule has 0 fully saturated rings. The zero-order valence-corrected chi connectivity index (χ0v) is 11.7. The fraction of sp³-hybridized carbons (Fsp3) is 0.214. The number of hydrogen-bond acceptors (Lipinski definition) is 3. The number of thiophene rings is 1. The minimum absolute atomic E-state index is 0.115. The van der Waals surface area contributed by atoms with E-state index in [0.717, 1.165) is 6.54 Å². The van der Waals surface area contributed by atoms with E-state index in [4.69, 9.17) is 11.6 Å². The van der Waals surface area contributed by atoms with Gasteiger partial charge in [0.05, 0.1) is 6.54 Å². The predicted molar refractivity (Wildman–Crippen MR) is 76.4 cm³/mol. The van der Waals surface area contributed by atoms with Gasteiger partial charge in [0.15, 0.2) is 5.78 Å². The molecule has 0 unspecified atom stereocenters. The molecule has 0 bridgehead atoms. The molecule has 2 aromatic rings. The number of rotatable bonds is 5. The number of likely N-dealkylation sites (N-methyl/N-ethyl adjacent to an activating group) is 1. The largest absolute Gasteiger partial charge is 0.295 e. The topological polar surface area (TPSA) is 20.3 Å². The summed E-state index contributed by atoms with van der Waals surface area (Å²) in [5, 5.41) is 4.80. The summed E-state index contributed by atoms with van der Waals surface area (Å²) in [7, 11) is 1.95. The van der Waals surface area contributed by atoms with E-state index in [2.05, 4.69) is 11.4 Å². The number of halogens is 1. The summed E-state index contributed by atoms with van der Waals surface area (Å²) >= 11 is 7.47. The van der Waals surface area contributed by atoms with E-state index in [1.54, 1.807) is 35.6 Å². The SMILES string of the molecule is CN(CC(=O)c1ccc(Cl)cc1)Cc1ccsc1. The fourth-order valence-corrected chi connectivity index (χ4v) is 2.51. The van der Waals surface area contributed by atoms with E-state index in [9.17, 15) is 4.79 Å². The highest BCUT2D eigenvalue weighted by Gasteiger charge is 2.09. The fourth-order valence-electron chi connectivity index (χ4n) is 1.72.